The SMILES string of the molecule is C#CCN/N=C/Cc1cccc(F)c1. The number of nitrogens with zero attached hydrogens (tertiary/aromatic N) is 1. The van der Waals surface area contributed by atoms with Crippen molar-refractivity contribution < 1.29 is 4.39 Å². The van der Waals surface area contributed by atoms with Crippen molar-refractivity contribution in [2.45, 2.75) is 6.42 Å². The number of hydrogen-bond donors (Lipinski definition) is 1. The average Bonchev–Trinajstić information content (AvgIpc) is 2.18. The minimum atomic E-state index is -0.229. The van der Waals surface area contributed by atoms with Crippen LogP contribution in [0.5, 0.6) is 0 Å². The molecule has 0 spiro atoms. The van der Waals surface area contributed by atoms with Gasteiger partial charge < -0.3 is 0 Å². The van der Waals surface area contributed by atoms with Crippen molar-refractivity contribution in [2.24, 2.45) is 5.10 Å². The number of halogens is 1. The molecule has 1 aromatic rings. The van der Waals surface area contributed by atoms with Gasteiger partial charge in [0, 0.05) is 12.6 Å². The number of hydrogen-bond acceptors (Lipinski definition) is 2. The van der Waals surface area contributed by atoms with Gasteiger partial charge in [0.2, 0.25) is 0 Å². The second-order valence-electron chi connectivity index (χ2n) is 2.68. The fourth-order valence-electron chi connectivity index (χ4n) is 0.971. The number of terminal acetylenes is 1. The van der Waals surface area contributed by atoms with Crippen molar-refractivity contribution in [1.29, 1.82) is 0 Å². The van der Waals surface area contributed by atoms with E-state index in [1.54, 1.807) is 12.3 Å². The van der Waals surface area contributed by atoms with Crippen LogP contribution in [0.25, 0.3) is 0 Å². The van der Waals surface area contributed by atoms with E-state index in [4.69, 9.17) is 6.42 Å². The molecule has 3 heteroatoms. The summed E-state index contributed by atoms with van der Waals surface area (Å²) >= 11 is 0. The Labute approximate surface area is 82.8 Å². The lowest BCUT2D eigenvalue weighted by Gasteiger charge is -1.95. The van der Waals surface area contributed by atoms with Crippen molar-refractivity contribution in [3.8, 4) is 12.3 Å². The van der Waals surface area contributed by atoms with Crippen LogP contribution in [0.15, 0.2) is 29.4 Å². The van der Waals surface area contributed by atoms with E-state index >= 15 is 0 Å². The molecule has 1 N–H and O–H groups in total. The van der Waals surface area contributed by atoms with E-state index in [0.29, 0.717) is 13.0 Å². The third-order valence-corrected chi connectivity index (χ3v) is 1.58. The van der Waals surface area contributed by atoms with Gasteiger partial charge in [0.15, 0.2) is 0 Å². The van der Waals surface area contributed by atoms with Crippen LogP contribution < -0.4 is 5.43 Å². The maximum absolute atomic E-state index is 12.7. The van der Waals surface area contributed by atoms with Gasteiger partial charge in [-0.15, -0.1) is 6.42 Å². The van der Waals surface area contributed by atoms with E-state index in [2.05, 4.69) is 16.4 Å². The molecule has 0 unspecified atom stereocenters. The first-order valence-corrected chi connectivity index (χ1v) is 4.25. The predicted molar refractivity (Wildman–Crippen MR) is 55.4 cm³/mol. The lowest BCUT2D eigenvalue weighted by atomic mass is 10.2. The first-order chi connectivity index (χ1) is 6.83. The van der Waals surface area contributed by atoms with Crippen molar-refractivity contribution in [3.05, 3.63) is 35.6 Å². The van der Waals surface area contributed by atoms with Crippen molar-refractivity contribution in [3.63, 3.8) is 0 Å². The van der Waals surface area contributed by atoms with Crippen molar-refractivity contribution in [2.75, 3.05) is 6.54 Å². The van der Waals surface area contributed by atoms with E-state index in [1.807, 2.05) is 6.07 Å². The zero-order valence-electron chi connectivity index (χ0n) is 7.70. The zero-order chi connectivity index (χ0) is 10.2. The van der Waals surface area contributed by atoms with E-state index in [1.165, 1.54) is 12.1 Å². The van der Waals surface area contributed by atoms with E-state index in [0.717, 1.165) is 5.56 Å². The Morgan fingerprint density at radius 1 is 1.57 bits per heavy atom. The summed E-state index contributed by atoms with van der Waals surface area (Å²) in [6.45, 7) is 0.402. The normalized spacial score (nSPS) is 10.0. The van der Waals surface area contributed by atoms with Crippen LogP contribution in [-0.4, -0.2) is 12.8 Å². The highest BCUT2D eigenvalue weighted by molar-refractivity contribution is 5.61. The van der Waals surface area contributed by atoms with Crippen LogP contribution in [0, 0.1) is 18.2 Å². The number of nitrogens with one attached hydrogen (secondary N) is 1. The molecule has 0 heterocycles. The van der Waals surface area contributed by atoms with E-state index in [-0.39, 0.29) is 5.82 Å². The summed E-state index contributed by atoms with van der Waals surface area (Å²) in [6, 6.07) is 6.41. The summed E-state index contributed by atoms with van der Waals surface area (Å²) in [6.07, 6.45) is 7.26. The Balaban J connectivity index is 2.38. The Morgan fingerprint density at radius 3 is 3.14 bits per heavy atom. The minimum Gasteiger partial charge on any atom is -0.298 e. The van der Waals surface area contributed by atoms with Crippen molar-refractivity contribution >= 4 is 6.21 Å². The van der Waals surface area contributed by atoms with E-state index < -0.39 is 0 Å². The highest BCUT2D eigenvalue weighted by Crippen LogP contribution is 2.02. The molecule has 0 aliphatic heterocycles. The third kappa shape index (κ3) is 3.72. The van der Waals surface area contributed by atoms with Gasteiger partial charge in [-0.3, -0.25) is 5.43 Å². The largest absolute Gasteiger partial charge is 0.298 e. The highest BCUT2D eigenvalue weighted by atomic mass is 19.1. The predicted octanol–water partition coefficient (Wildman–Crippen LogP) is 1.58. The number of benzene rings is 1. The van der Waals surface area contributed by atoms with Crippen LogP contribution in [0.1, 0.15) is 5.56 Å². The van der Waals surface area contributed by atoms with Crippen LogP contribution in [-0.2, 0) is 6.42 Å². The van der Waals surface area contributed by atoms with Crippen LogP contribution in [0.3, 0.4) is 0 Å². The number of rotatable bonds is 4. The zero-order valence-corrected chi connectivity index (χ0v) is 7.70. The second-order valence-corrected chi connectivity index (χ2v) is 2.68. The molecule has 0 aliphatic rings. The van der Waals surface area contributed by atoms with Gasteiger partial charge in [0.25, 0.3) is 0 Å². The maximum atomic E-state index is 12.7. The van der Waals surface area contributed by atoms with E-state index in [9.17, 15) is 4.39 Å². The highest BCUT2D eigenvalue weighted by Gasteiger charge is 1.91. The lowest BCUT2D eigenvalue weighted by Crippen LogP contribution is -2.05. The quantitative estimate of drug-likeness (QED) is 0.331. The first-order valence-electron chi connectivity index (χ1n) is 4.25. The number of hydrazone groups is 1. The van der Waals surface area contributed by atoms with Gasteiger partial charge in [0.1, 0.15) is 5.82 Å². The van der Waals surface area contributed by atoms with Gasteiger partial charge in [-0.05, 0) is 17.7 Å². The Bertz CT molecular complexity index is 353. The Kier molecular flexibility index (Phi) is 4.22. The molecular weight excluding hydrogens is 179 g/mol. The summed E-state index contributed by atoms with van der Waals surface area (Å²) < 4.78 is 12.7. The molecule has 0 aliphatic carbocycles. The van der Waals surface area contributed by atoms with Gasteiger partial charge >= 0.3 is 0 Å². The molecule has 0 atom stereocenters. The summed E-state index contributed by atoms with van der Waals surface area (Å²) in [5.41, 5.74) is 3.54. The molecule has 1 aromatic carbocycles. The van der Waals surface area contributed by atoms with Gasteiger partial charge in [-0.2, -0.15) is 5.10 Å². The molecule has 14 heavy (non-hydrogen) atoms. The Hall–Kier alpha value is -1.82. The van der Waals surface area contributed by atoms with Gasteiger partial charge in [-0.1, -0.05) is 18.1 Å². The molecule has 0 bridgehead atoms. The van der Waals surface area contributed by atoms with Crippen LogP contribution in [0.2, 0.25) is 0 Å². The molecule has 0 amide bonds. The third-order valence-electron chi connectivity index (χ3n) is 1.58. The fraction of sp³-hybridized carbons (Fsp3) is 0.182. The molecule has 0 saturated heterocycles. The summed E-state index contributed by atoms with van der Waals surface area (Å²) in [4.78, 5) is 0. The van der Waals surface area contributed by atoms with Crippen LogP contribution >= 0.6 is 0 Å². The second kappa shape index (κ2) is 5.76. The standard InChI is InChI=1S/C11H11FN2/c1-2-7-13-14-8-6-10-4-3-5-11(12)9-10/h1,3-5,8-9,13H,6-7H2/b14-8+. The lowest BCUT2D eigenvalue weighted by molar-refractivity contribution is 0.626. The molecule has 0 radical (unpaired) electrons. The summed E-state index contributed by atoms with van der Waals surface area (Å²) in [5, 5.41) is 3.85. The molecule has 0 saturated carbocycles. The minimum absolute atomic E-state index is 0.229. The van der Waals surface area contributed by atoms with Crippen molar-refractivity contribution in [1.82, 2.24) is 5.43 Å². The topological polar surface area (TPSA) is 24.4 Å². The maximum Gasteiger partial charge on any atom is 0.123 e. The van der Waals surface area contributed by atoms with Crippen LogP contribution in [0.4, 0.5) is 4.39 Å². The summed E-state index contributed by atoms with van der Waals surface area (Å²) in [7, 11) is 0. The van der Waals surface area contributed by atoms with Gasteiger partial charge in [-0.25, -0.2) is 4.39 Å². The monoisotopic (exact) mass is 190 g/mol. The fourth-order valence-corrected chi connectivity index (χ4v) is 0.971. The molecular formula is C11H11FN2. The average molecular weight is 190 g/mol. The molecule has 1 rings (SSSR count). The Morgan fingerprint density at radius 2 is 2.43 bits per heavy atom. The summed E-state index contributed by atoms with van der Waals surface area (Å²) in [5.74, 6) is 2.16. The molecule has 72 valence electrons. The smallest absolute Gasteiger partial charge is 0.123 e. The molecule has 0 fully saturated rings. The van der Waals surface area contributed by atoms with Gasteiger partial charge in [0.05, 0.1) is 6.54 Å². The first kappa shape index (κ1) is 10.3. The molecule has 2 nitrogen and oxygen atoms in total. The molecule has 0 aromatic heterocycles.